The summed E-state index contributed by atoms with van der Waals surface area (Å²) in [4.78, 5) is 14.6. The van der Waals surface area contributed by atoms with E-state index in [4.69, 9.17) is 10.00 Å². The topological polar surface area (TPSA) is 65.9 Å². The van der Waals surface area contributed by atoms with Crippen molar-refractivity contribution in [3.63, 3.8) is 0 Å². The standard InChI is InChI=1S/C14H12N2O2/c1-2-18-14(17)11(9-15)8-12-7-10-5-3-4-6-13(10)16-12/h3-8,16H,2H2,1H3. The number of fused-ring (bicyclic) bond motifs is 1. The predicted molar refractivity (Wildman–Crippen MR) is 68.5 cm³/mol. The van der Waals surface area contributed by atoms with Gasteiger partial charge in [-0.15, -0.1) is 0 Å². The fourth-order valence-electron chi connectivity index (χ4n) is 1.67. The molecule has 0 saturated heterocycles. The number of carbonyl (C=O) groups is 1. The van der Waals surface area contributed by atoms with Crippen LogP contribution in [0.4, 0.5) is 0 Å². The lowest BCUT2D eigenvalue weighted by atomic mass is 10.2. The number of para-hydroxylation sites is 1. The van der Waals surface area contributed by atoms with Crippen LogP contribution in [0.15, 0.2) is 35.9 Å². The van der Waals surface area contributed by atoms with Gasteiger partial charge in [-0.3, -0.25) is 0 Å². The van der Waals surface area contributed by atoms with Crippen LogP contribution in [0.3, 0.4) is 0 Å². The number of esters is 1. The summed E-state index contributed by atoms with van der Waals surface area (Å²) in [7, 11) is 0. The Morgan fingerprint density at radius 3 is 2.94 bits per heavy atom. The maximum atomic E-state index is 11.5. The van der Waals surface area contributed by atoms with Crippen LogP contribution in [0.5, 0.6) is 0 Å². The second-order valence-electron chi connectivity index (χ2n) is 3.70. The zero-order valence-corrected chi connectivity index (χ0v) is 9.93. The van der Waals surface area contributed by atoms with E-state index in [1.807, 2.05) is 36.4 Å². The van der Waals surface area contributed by atoms with E-state index in [1.54, 1.807) is 6.92 Å². The summed E-state index contributed by atoms with van der Waals surface area (Å²) in [5.41, 5.74) is 1.66. The van der Waals surface area contributed by atoms with Crippen molar-refractivity contribution in [2.75, 3.05) is 6.61 Å². The summed E-state index contributed by atoms with van der Waals surface area (Å²) in [5, 5.41) is 9.96. The number of nitrogens with zero attached hydrogens (tertiary/aromatic N) is 1. The van der Waals surface area contributed by atoms with E-state index >= 15 is 0 Å². The van der Waals surface area contributed by atoms with Gasteiger partial charge in [-0.2, -0.15) is 5.26 Å². The Kier molecular flexibility index (Phi) is 3.44. The predicted octanol–water partition coefficient (Wildman–Crippen LogP) is 2.64. The van der Waals surface area contributed by atoms with Gasteiger partial charge in [-0.25, -0.2) is 4.79 Å². The first-order valence-corrected chi connectivity index (χ1v) is 5.61. The van der Waals surface area contributed by atoms with E-state index in [1.165, 1.54) is 6.08 Å². The monoisotopic (exact) mass is 240 g/mol. The third-order valence-corrected chi connectivity index (χ3v) is 2.47. The van der Waals surface area contributed by atoms with E-state index in [2.05, 4.69) is 4.98 Å². The highest BCUT2D eigenvalue weighted by atomic mass is 16.5. The largest absolute Gasteiger partial charge is 0.462 e. The lowest BCUT2D eigenvalue weighted by molar-refractivity contribution is -0.137. The molecular formula is C14H12N2O2. The highest BCUT2D eigenvalue weighted by Crippen LogP contribution is 2.16. The zero-order valence-electron chi connectivity index (χ0n) is 9.93. The van der Waals surface area contributed by atoms with Gasteiger partial charge in [0.05, 0.1) is 6.61 Å². The first kappa shape index (κ1) is 11.9. The molecule has 1 heterocycles. The van der Waals surface area contributed by atoms with Crippen molar-refractivity contribution in [2.45, 2.75) is 6.92 Å². The minimum absolute atomic E-state index is 0.0107. The first-order chi connectivity index (χ1) is 8.74. The maximum Gasteiger partial charge on any atom is 0.348 e. The van der Waals surface area contributed by atoms with E-state index in [0.717, 1.165) is 10.9 Å². The van der Waals surface area contributed by atoms with Gasteiger partial charge in [0, 0.05) is 11.2 Å². The number of ether oxygens (including phenoxy) is 1. The molecule has 0 bridgehead atoms. The molecule has 2 rings (SSSR count). The minimum Gasteiger partial charge on any atom is -0.462 e. The summed E-state index contributed by atoms with van der Waals surface area (Å²) in [6.45, 7) is 1.96. The average Bonchev–Trinajstić information content (AvgIpc) is 2.78. The molecular weight excluding hydrogens is 228 g/mol. The van der Waals surface area contributed by atoms with Gasteiger partial charge in [0.15, 0.2) is 0 Å². The van der Waals surface area contributed by atoms with Crippen molar-refractivity contribution < 1.29 is 9.53 Å². The molecule has 0 unspecified atom stereocenters. The van der Waals surface area contributed by atoms with Gasteiger partial charge < -0.3 is 9.72 Å². The molecule has 0 aliphatic carbocycles. The number of aromatic amines is 1. The molecule has 2 aromatic rings. The number of hydrogen-bond donors (Lipinski definition) is 1. The van der Waals surface area contributed by atoms with Gasteiger partial charge in [-0.1, -0.05) is 18.2 Å². The van der Waals surface area contributed by atoms with Crippen LogP contribution in [0.25, 0.3) is 17.0 Å². The van der Waals surface area contributed by atoms with Crippen molar-refractivity contribution in [3.05, 3.63) is 41.6 Å². The molecule has 0 aliphatic heterocycles. The van der Waals surface area contributed by atoms with Crippen molar-refractivity contribution in [1.82, 2.24) is 4.98 Å². The fourth-order valence-corrected chi connectivity index (χ4v) is 1.67. The Morgan fingerprint density at radius 2 is 2.28 bits per heavy atom. The lowest BCUT2D eigenvalue weighted by Gasteiger charge is -1.98. The molecule has 0 fully saturated rings. The summed E-state index contributed by atoms with van der Waals surface area (Å²) < 4.78 is 4.80. The van der Waals surface area contributed by atoms with Crippen LogP contribution < -0.4 is 0 Å². The number of hydrogen-bond acceptors (Lipinski definition) is 3. The molecule has 1 aromatic heterocycles. The third-order valence-electron chi connectivity index (χ3n) is 2.47. The van der Waals surface area contributed by atoms with E-state index in [9.17, 15) is 4.79 Å². The fraction of sp³-hybridized carbons (Fsp3) is 0.143. The van der Waals surface area contributed by atoms with Crippen molar-refractivity contribution in [1.29, 1.82) is 5.26 Å². The molecule has 1 aromatic carbocycles. The molecule has 18 heavy (non-hydrogen) atoms. The normalized spacial score (nSPS) is 11.2. The molecule has 0 saturated carbocycles. The number of rotatable bonds is 3. The summed E-state index contributed by atoms with van der Waals surface area (Å²) in [5.74, 6) is -0.598. The number of carbonyl (C=O) groups excluding carboxylic acids is 1. The van der Waals surface area contributed by atoms with Crippen LogP contribution in [-0.2, 0) is 9.53 Å². The lowest BCUT2D eigenvalue weighted by Crippen LogP contribution is -2.05. The van der Waals surface area contributed by atoms with Crippen LogP contribution in [0, 0.1) is 11.3 Å². The number of nitriles is 1. The van der Waals surface area contributed by atoms with E-state index < -0.39 is 5.97 Å². The highest BCUT2D eigenvalue weighted by molar-refractivity contribution is 5.98. The molecule has 4 nitrogen and oxygen atoms in total. The minimum atomic E-state index is -0.598. The Bertz CT molecular complexity index is 614. The molecule has 90 valence electrons. The van der Waals surface area contributed by atoms with E-state index in [-0.39, 0.29) is 12.2 Å². The SMILES string of the molecule is CCOC(=O)C(C#N)=Cc1cc2ccccc2[nH]1. The maximum absolute atomic E-state index is 11.5. The third kappa shape index (κ3) is 2.41. The number of aromatic nitrogens is 1. The second kappa shape index (κ2) is 5.19. The number of nitrogens with one attached hydrogen (secondary N) is 1. The molecule has 0 amide bonds. The molecule has 0 spiro atoms. The first-order valence-electron chi connectivity index (χ1n) is 5.61. The van der Waals surface area contributed by atoms with Crippen LogP contribution >= 0.6 is 0 Å². The zero-order chi connectivity index (χ0) is 13.0. The summed E-state index contributed by atoms with van der Waals surface area (Å²) in [6, 6.07) is 11.5. The second-order valence-corrected chi connectivity index (χ2v) is 3.70. The Labute approximate surface area is 104 Å². The average molecular weight is 240 g/mol. The molecule has 0 aliphatic rings. The summed E-state index contributed by atoms with van der Waals surface area (Å²) >= 11 is 0. The van der Waals surface area contributed by atoms with Gasteiger partial charge in [0.25, 0.3) is 0 Å². The van der Waals surface area contributed by atoms with Crippen molar-refractivity contribution >= 4 is 22.9 Å². The Balaban J connectivity index is 2.36. The highest BCUT2D eigenvalue weighted by Gasteiger charge is 2.10. The van der Waals surface area contributed by atoms with Crippen molar-refractivity contribution in [2.24, 2.45) is 0 Å². The van der Waals surface area contributed by atoms with Crippen LogP contribution in [0.1, 0.15) is 12.6 Å². The molecule has 4 heteroatoms. The van der Waals surface area contributed by atoms with Crippen molar-refractivity contribution in [3.8, 4) is 6.07 Å². The van der Waals surface area contributed by atoms with E-state index in [0.29, 0.717) is 5.69 Å². The quantitative estimate of drug-likeness (QED) is 0.509. The van der Waals surface area contributed by atoms with Crippen LogP contribution in [-0.4, -0.2) is 17.6 Å². The molecule has 1 N–H and O–H groups in total. The van der Waals surface area contributed by atoms with Crippen LogP contribution in [0.2, 0.25) is 0 Å². The van der Waals surface area contributed by atoms with Gasteiger partial charge in [0.2, 0.25) is 0 Å². The number of H-pyrrole nitrogens is 1. The van der Waals surface area contributed by atoms with Gasteiger partial charge in [-0.05, 0) is 30.5 Å². The smallest absolute Gasteiger partial charge is 0.348 e. The Hall–Kier alpha value is -2.54. The van der Waals surface area contributed by atoms with Gasteiger partial charge >= 0.3 is 5.97 Å². The number of benzene rings is 1. The Morgan fingerprint density at radius 1 is 1.50 bits per heavy atom. The molecule has 0 radical (unpaired) electrons. The molecule has 0 atom stereocenters. The summed E-state index contributed by atoms with van der Waals surface area (Å²) in [6.07, 6.45) is 1.50. The van der Waals surface area contributed by atoms with Gasteiger partial charge in [0.1, 0.15) is 11.6 Å².